The molecule has 2 rings (SSSR count). The van der Waals surface area contributed by atoms with Crippen molar-refractivity contribution in [1.29, 1.82) is 0 Å². The third-order valence-electron chi connectivity index (χ3n) is 4.39. The van der Waals surface area contributed by atoms with Gasteiger partial charge in [0.1, 0.15) is 0 Å². The molecule has 1 fully saturated rings. The van der Waals surface area contributed by atoms with Gasteiger partial charge in [-0.1, -0.05) is 27.7 Å². The first-order valence-corrected chi connectivity index (χ1v) is 6.96. The fourth-order valence-electron chi connectivity index (χ4n) is 2.73. The van der Waals surface area contributed by atoms with Crippen LogP contribution < -0.4 is 11.1 Å². The highest BCUT2D eigenvalue weighted by Gasteiger charge is 2.49. The Morgan fingerprint density at radius 2 is 2.20 bits per heavy atom. The van der Waals surface area contributed by atoms with E-state index in [-0.39, 0.29) is 35.1 Å². The van der Waals surface area contributed by atoms with E-state index < -0.39 is 0 Å². The fourth-order valence-corrected chi connectivity index (χ4v) is 2.73. The lowest BCUT2D eigenvalue weighted by atomic mass is 9.64. The number of aromatic amines is 1. The number of rotatable bonds is 4. The first kappa shape index (κ1) is 14.8. The van der Waals surface area contributed by atoms with Crippen molar-refractivity contribution in [1.82, 2.24) is 15.5 Å². The van der Waals surface area contributed by atoms with Gasteiger partial charge >= 0.3 is 0 Å². The Morgan fingerprint density at radius 1 is 1.55 bits per heavy atom. The van der Waals surface area contributed by atoms with E-state index in [1.54, 1.807) is 7.11 Å². The summed E-state index contributed by atoms with van der Waals surface area (Å²) < 4.78 is 5.38. The predicted molar refractivity (Wildman–Crippen MR) is 77.5 cm³/mol. The van der Waals surface area contributed by atoms with Gasteiger partial charge in [-0.3, -0.25) is 9.89 Å². The molecule has 0 spiro atoms. The maximum absolute atomic E-state index is 12.3. The first-order valence-electron chi connectivity index (χ1n) is 6.96. The van der Waals surface area contributed by atoms with Crippen molar-refractivity contribution >= 4 is 11.6 Å². The molecule has 20 heavy (non-hydrogen) atoms. The number of amides is 1. The molecule has 0 aliphatic heterocycles. The third-order valence-corrected chi connectivity index (χ3v) is 4.39. The maximum atomic E-state index is 12.3. The van der Waals surface area contributed by atoms with Crippen LogP contribution >= 0.6 is 0 Å². The van der Waals surface area contributed by atoms with Gasteiger partial charge in [-0.25, -0.2) is 0 Å². The van der Waals surface area contributed by atoms with Crippen LogP contribution in [0.25, 0.3) is 0 Å². The average molecular weight is 280 g/mol. The van der Waals surface area contributed by atoms with Crippen LogP contribution in [-0.4, -0.2) is 35.4 Å². The Balaban J connectivity index is 2.07. The largest absolute Gasteiger partial charge is 0.395 e. The monoisotopic (exact) mass is 280 g/mol. The molecule has 1 heterocycles. The number of carbonyl (C=O) groups excluding carboxylic acids is 1. The zero-order valence-corrected chi connectivity index (χ0v) is 12.8. The molecule has 6 nitrogen and oxygen atoms in total. The minimum Gasteiger partial charge on any atom is -0.395 e. The second kappa shape index (κ2) is 5.09. The van der Waals surface area contributed by atoms with Crippen LogP contribution in [0.4, 0.5) is 5.69 Å². The van der Waals surface area contributed by atoms with Crippen molar-refractivity contribution in [2.24, 2.45) is 5.41 Å². The quantitative estimate of drug-likeness (QED) is 0.782. The Kier molecular flexibility index (Phi) is 3.77. The number of hydrogen-bond donors (Lipinski definition) is 3. The molecule has 1 aliphatic carbocycles. The molecule has 0 bridgehead atoms. The molecule has 1 aromatic heterocycles. The summed E-state index contributed by atoms with van der Waals surface area (Å²) in [6.07, 6.45) is 0.993. The third kappa shape index (κ3) is 2.28. The van der Waals surface area contributed by atoms with Crippen LogP contribution in [0.1, 0.15) is 56.2 Å². The molecule has 4 N–H and O–H groups in total. The lowest BCUT2D eigenvalue weighted by Crippen LogP contribution is -2.61. The number of nitrogens with zero attached hydrogens (tertiary/aromatic N) is 1. The van der Waals surface area contributed by atoms with Gasteiger partial charge in [0.05, 0.1) is 17.5 Å². The molecule has 6 heteroatoms. The Morgan fingerprint density at radius 3 is 2.65 bits per heavy atom. The number of ether oxygens (including phenoxy) is 1. The summed E-state index contributed by atoms with van der Waals surface area (Å²) in [7, 11) is 1.70. The highest BCUT2D eigenvalue weighted by molar-refractivity contribution is 5.98. The highest BCUT2D eigenvalue weighted by atomic mass is 16.5. The molecule has 2 atom stereocenters. The van der Waals surface area contributed by atoms with E-state index in [0.717, 1.165) is 12.1 Å². The molecule has 1 aromatic rings. The van der Waals surface area contributed by atoms with Crippen molar-refractivity contribution in [3.63, 3.8) is 0 Å². The number of nitrogens with two attached hydrogens (primary N) is 1. The second-order valence-electron chi connectivity index (χ2n) is 6.36. The lowest BCUT2D eigenvalue weighted by molar-refractivity contribution is -0.0942. The van der Waals surface area contributed by atoms with E-state index in [9.17, 15) is 4.79 Å². The van der Waals surface area contributed by atoms with E-state index in [2.05, 4.69) is 29.4 Å². The summed E-state index contributed by atoms with van der Waals surface area (Å²) in [6.45, 7) is 8.18. The summed E-state index contributed by atoms with van der Waals surface area (Å²) in [5.74, 6) is -0.0136. The van der Waals surface area contributed by atoms with E-state index in [0.29, 0.717) is 5.69 Å². The number of aromatic nitrogens is 2. The Bertz CT molecular complexity index is 507. The van der Waals surface area contributed by atoms with Crippen molar-refractivity contribution in [2.75, 3.05) is 12.8 Å². The van der Waals surface area contributed by atoms with Crippen LogP contribution in [0.3, 0.4) is 0 Å². The van der Waals surface area contributed by atoms with Gasteiger partial charge in [-0.05, 0) is 12.3 Å². The van der Waals surface area contributed by atoms with Crippen molar-refractivity contribution in [3.8, 4) is 0 Å². The van der Waals surface area contributed by atoms with Crippen LogP contribution in [0.15, 0.2) is 0 Å². The molecule has 2 unspecified atom stereocenters. The number of nitrogen functional groups attached to an aromatic ring is 1. The van der Waals surface area contributed by atoms with Crippen molar-refractivity contribution < 1.29 is 9.53 Å². The van der Waals surface area contributed by atoms with Gasteiger partial charge in [-0.2, -0.15) is 5.10 Å². The molecule has 1 aliphatic rings. The van der Waals surface area contributed by atoms with Crippen molar-refractivity contribution in [3.05, 3.63) is 11.4 Å². The summed E-state index contributed by atoms with van der Waals surface area (Å²) in [5.41, 5.74) is 7.44. The van der Waals surface area contributed by atoms with Crippen molar-refractivity contribution in [2.45, 2.75) is 52.2 Å². The Labute approximate surface area is 119 Å². The van der Waals surface area contributed by atoms with E-state index >= 15 is 0 Å². The molecule has 0 aromatic carbocycles. The topological polar surface area (TPSA) is 93.0 Å². The molecular weight excluding hydrogens is 256 g/mol. The zero-order chi connectivity index (χ0) is 15.1. The average Bonchev–Trinajstić information content (AvgIpc) is 2.75. The van der Waals surface area contributed by atoms with Crippen LogP contribution in [-0.2, 0) is 4.74 Å². The number of hydrogen-bond acceptors (Lipinski definition) is 4. The summed E-state index contributed by atoms with van der Waals surface area (Å²) in [6, 6.07) is 0.0820. The van der Waals surface area contributed by atoms with Gasteiger partial charge in [0.2, 0.25) is 0 Å². The maximum Gasteiger partial charge on any atom is 0.274 e. The predicted octanol–water partition coefficient (Wildman–Crippen LogP) is 1.66. The molecule has 0 saturated heterocycles. The van der Waals surface area contributed by atoms with Gasteiger partial charge in [0.15, 0.2) is 5.69 Å². The zero-order valence-electron chi connectivity index (χ0n) is 12.8. The summed E-state index contributed by atoms with van der Waals surface area (Å²) >= 11 is 0. The van der Waals surface area contributed by atoms with Gasteiger partial charge in [0.25, 0.3) is 5.91 Å². The lowest BCUT2D eigenvalue weighted by Gasteiger charge is -2.51. The summed E-state index contributed by atoms with van der Waals surface area (Å²) in [4.78, 5) is 12.3. The van der Waals surface area contributed by atoms with Crippen LogP contribution in [0.2, 0.25) is 0 Å². The number of nitrogens with one attached hydrogen (secondary N) is 2. The van der Waals surface area contributed by atoms with Gasteiger partial charge < -0.3 is 15.8 Å². The molecule has 112 valence electrons. The number of methoxy groups -OCH3 is 1. The van der Waals surface area contributed by atoms with E-state index in [1.807, 2.05) is 13.8 Å². The molecular formula is C14H24N4O2. The molecule has 0 radical (unpaired) electrons. The van der Waals surface area contributed by atoms with Gasteiger partial charge in [0, 0.05) is 18.6 Å². The second-order valence-corrected chi connectivity index (χ2v) is 6.36. The smallest absolute Gasteiger partial charge is 0.274 e. The Hall–Kier alpha value is -1.56. The minimum atomic E-state index is -0.224. The summed E-state index contributed by atoms with van der Waals surface area (Å²) in [5, 5.41) is 9.88. The number of carbonyl (C=O) groups is 1. The van der Waals surface area contributed by atoms with E-state index in [1.165, 1.54) is 0 Å². The normalized spacial score (nSPS) is 24.5. The number of anilines is 1. The van der Waals surface area contributed by atoms with E-state index in [4.69, 9.17) is 10.5 Å². The van der Waals surface area contributed by atoms with Gasteiger partial charge in [-0.15, -0.1) is 0 Å². The van der Waals surface area contributed by atoms with Crippen LogP contribution in [0, 0.1) is 5.41 Å². The SMILES string of the molecule is COC1CC(NC(=O)c2n[nH]c(C(C)C)c2N)C1(C)C. The highest BCUT2D eigenvalue weighted by Crippen LogP contribution is 2.42. The first-order chi connectivity index (χ1) is 9.28. The molecule has 1 saturated carbocycles. The molecule has 1 amide bonds. The fraction of sp³-hybridized carbons (Fsp3) is 0.714. The van der Waals surface area contributed by atoms with Crippen LogP contribution in [0.5, 0.6) is 0 Å². The number of H-pyrrole nitrogens is 1. The standard InChI is InChI=1S/C14H24N4O2/c1-7(2)11-10(15)12(18-17-11)13(19)16-8-6-9(20-5)14(8,3)4/h7-9H,6,15H2,1-5H3,(H,16,19)(H,17,18). The minimum absolute atomic E-state index is 0.0731.